The molecule has 0 bridgehead atoms. The number of carbonyl (C=O) groups is 1. The number of halogens is 4. The van der Waals surface area contributed by atoms with Crippen LogP contribution in [0, 0.1) is 0 Å². The first-order valence-corrected chi connectivity index (χ1v) is 9.96. The van der Waals surface area contributed by atoms with Gasteiger partial charge in [-0.05, 0) is 23.8 Å². The number of ketones is 1. The highest BCUT2D eigenvalue weighted by Crippen LogP contribution is 2.34. The van der Waals surface area contributed by atoms with E-state index < -0.39 is 51.1 Å². The minimum Gasteiger partial charge on any atom is -0.460 e. The number of benzene rings is 2. The summed E-state index contributed by atoms with van der Waals surface area (Å²) in [6.45, 7) is 0. The molecule has 0 saturated carbocycles. The van der Waals surface area contributed by atoms with Gasteiger partial charge in [0.25, 0.3) is 0 Å². The topological polar surface area (TPSA) is 95.7 Å². The number of alkyl halides is 3. The highest BCUT2D eigenvalue weighted by atomic mass is 35.5. The Labute approximate surface area is 168 Å². The molecule has 1 heterocycles. The Morgan fingerprint density at radius 1 is 1.14 bits per heavy atom. The molecule has 1 unspecified atom stereocenters. The molecule has 0 fully saturated rings. The van der Waals surface area contributed by atoms with Crippen molar-refractivity contribution in [2.24, 2.45) is 5.73 Å². The Bertz CT molecular complexity index is 1080. The molecule has 1 atom stereocenters. The molecule has 1 aliphatic heterocycles. The van der Waals surface area contributed by atoms with Crippen molar-refractivity contribution in [1.29, 1.82) is 0 Å². The number of nitrogens with two attached hydrogens (primary N) is 1. The average Bonchev–Trinajstić information content (AvgIpc) is 2.89. The van der Waals surface area contributed by atoms with E-state index in [2.05, 4.69) is 0 Å². The SMILES string of the molecule is NC1=C(OS(=O)(=O)Cc2cccc(C(F)(F)F)c2)C(=O)C(c2ccc(Cl)cc2)O1. The molecular weight excluding hydrogens is 435 g/mol. The van der Waals surface area contributed by atoms with Crippen LogP contribution < -0.4 is 5.73 Å². The summed E-state index contributed by atoms with van der Waals surface area (Å²) in [5.74, 6) is -3.00. The minimum absolute atomic E-state index is 0.167. The van der Waals surface area contributed by atoms with E-state index in [1.165, 1.54) is 30.3 Å². The molecule has 0 saturated heterocycles. The maximum absolute atomic E-state index is 12.8. The number of carbonyl (C=O) groups excluding carboxylic acids is 1. The second kappa shape index (κ2) is 7.60. The molecule has 11 heteroatoms. The molecule has 0 amide bonds. The first kappa shape index (κ1) is 21.0. The zero-order chi connectivity index (χ0) is 21.4. The van der Waals surface area contributed by atoms with Gasteiger partial charge < -0.3 is 14.7 Å². The van der Waals surface area contributed by atoms with E-state index in [1.54, 1.807) is 0 Å². The van der Waals surface area contributed by atoms with Gasteiger partial charge in [0.1, 0.15) is 5.75 Å². The van der Waals surface area contributed by atoms with Crippen LogP contribution in [0.15, 0.2) is 60.2 Å². The third-order valence-electron chi connectivity index (χ3n) is 3.91. The van der Waals surface area contributed by atoms with E-state index in [4.69, 9.17) is 26.3 Å². The van der Waals surface area contributed by atoms with Crippen molar-refractivity contribution >= 4 is 27.5 Å². The molecule has 2 aromatic carbocycles. The van der Waals surface area contributed by atoms with E-state index in [-0.39, 0.29) is 5.56 Å². The monoisotopic (exact) mass is 447 g/mol. The summed E-state index contributed by atoms with van der Waals surface area (Å²) < 4.78 is 72.9. The largest absolute Gasteiger partial charge is 0.460 e. The lowest BCUT2D eigenvalue weighted by Gasteiger charge is -2.10. The standard InChI is InChI=1S/C18H13ClF3NO5S/c19-13-6-4-11(5-7-13)15-14(24)16(17(23)27-15)28-29(25,26)9-10-2-1-3-12(8-10)18(20,21)22/h1-8,15H,9,23H2. The number of rotatable bonds is 5. The zero-order valence-electron chi connectivity index (χ0n) is 14.4. The molecule has 3 rings (SSSR count). The Kier molecular flexibility index (Phi) is 5.50. The fraction of sp³-hybridized carbons (Fsp3) is 0.167. The first-order chi connectivity index (χ1) is 13.5. The molecule has 0 aliphatic carbocycles. The van der Waals surface area contributed by atoms with Gasteiger partial charge >= 0.3 is 16.3 Å². The van der Waals surface area contributed by atoms with E-state index in [0.717, 1.165) is 12.1 Å². The zero-order valence-corrected chi connectivity index (χ0v) is 16.0. The van der Waals surface area contributed by atoms with Crippen molar-refractivity contribution < 1.29 is 35.3 Å². The fourth-order valence-corrected chi connectivity index (χ4v) is 3.80. The summed E-state index contributed by atoms with van der Waals surface area (Å²) in [6.07, 6.45) is -5.85. The Balaban J connectivity index is 1.77. The quantitative estimate of drug-likeness (QED) is 0.702. The predicted octanol–water partition coefficient (Wildman–Crippen LogP) is 3.67. The highest BCUT2D eigenvalue weighted by Gasteiger charge is 2.39. The Morgan fingerprint density at radius 2 is 1.79 bits per heavy atom. The number of hydrogen-bond acceptors (Lipinski definition) is 6. The summed E-state index contributed by atoms with van der Waals surface area (Å²) in [7, 11) is -4.49. The summed E-state index contributed by atoms with van der Waals surface area (Å²) in [6, 6.07) is 9.76. The van der Waals surface area contributed by atoms with Crippen molar-refractivity contribution in [3.05, 3.63) is 81.9 Å². The second-order valence-corrected chi connectivity index (χ2v) is 8.10. The number of ether oxygens (including phenoxy) is 1. The lowest BCUT2D eigenvalue weighted by Crippen LogP contribution is -2.16. The van der Waals surface area contributed by atoms with Crippen molar-refractivity contribution in [3.8, 4) is 0 Å². The lowest BCUT2D eigenvalue weighted by molar-refractivity contribution is -0.137. The maximum Gasteiger partial charge on any atom is 0.416 e. The van der Waals surface area contributed by atoms with Crippen molar-refractivity contribution in [1.82, 2.24) is 0 Å². The van der Waals surface area contributed by atoms with Crippen LogP contribution in [0.4, 0.5) is 13.2 Å². The molecule has 29 heavy (non-hydrogen) atoms. The van der Waals surface area contributed by atoms with E-state index in [9.17, 15) is 26.4 Å². The second-order valence-electron chi connectivity index (χ2n) is 6.09. The third-order valence-corrected chi connectivity index (χ3v) is 5.27. The third kappa shape index (κ3) is 4.83. The molecule has 2 N–H and O–H groups in total. The van der Waals surface area contributed by atoms with Crippen molar-refractivity contribution in [2.75, 3.05) is 0 Å². The summed E-state index contributed by atoms with van der Waals surface area (Å²) >= 11 is 5.78. The summed E-state index contributed by atoms with van der Waals surface area (Å²) in [4.78, 5) is 12.5. The molecule has 6 nitrogen and oxygen atoms in total. The fourth-order valence-electron chi connectivity index (χ4n) is 2.61. The van der Waals surface area contributed by atoms with Gasteiger partial charge in [0.15, 0.2) is 6.10 Å². The van der Waals surface area contributed by atoms with Crippen LogP contribution in [-0.2, 0) is 35.8 Å². The van der Waals surface area contributed by atoms with Gasteiger partial charge in [0.2, 0.25) is 17.4 Å². The van der Waals surface area contributed by atoms with Gasteiger partial charge in [0, 0.05) is 10.6 Å². The molecule has 0 aromatic heterocycles. The van der Waals surface area contributed by atoms with Crippen LogP contribution in [0.5, 0.6) is 0 Å². The van der Waals surface area contributed by atoms with Crippen LogP contribution in [0.3, 0.4) is 0 Å². The maximum atomic E-state index is 12.8. The van der Waals surface area contributed by atoms with Gasteiger partial charge in [-0.25, -0.2) is 0 Å². The number of hydrogen-bond donors (Lipinski definition) is 1. The molecule has 154 valence electrons. The summed E-state index contributed by atoms with van der Waals surface area (Å²) in [5.41, 5.74) is 4.78. The van der Waals surface area contributed by atoms with E-state index >= 15 is 0 Å². The molecule has 2 aromatic rings. The Morgan fingerprint density at radius 3 is 2.41 bits per heavy atom. The lowest BCUT2D eigenvalue weighted by atomic mass is 10.1. The van der Waals surface area contributed by atoms with Crippen LogP contribution in [0.1, 0.15) is 22.8 Å². The smallest absolute Gasteiger partial charge is 0.416 e. The van der Waals surface area contributed by atoms with Gasteiger partial charge in [-0.1, -0.05) is 41.9 Å². The predicted molar refractivity (Wildman–Crippen MR) is 96.7 cm³/mol. The first-order valence-electron chi connectivity index (χ1n) is 8.00. The average molecular weight is 448 g/mol. The normalized spacial score (nSPS) is 17.4. The van der Waals surface area contributed by atoms with Crippen molar-refractivity contribution in [3.63, 3.8) is 0 Å². The van der Waals surface area contributed by atoms with Gasteiger partial charge in [0.05, 0.1) is 5.56 Å². The van der Waals surface area contributed by atoms with E-state index in [1.807, 2.05) is 0 Å². The van der Waals surface area contributed by atoms with Crippen molar-refractivity contribution in [2.45, 2.75) is 18.0 Å². The Hall–Kier alpha value is -2.72. The van der Waals surface area contributed by atoms with Gasteiger partial charge in [-0.15, -0.1) is 0 Å². The van der Waals surface area contributed by atoms with Crippen LogP contribution in [-0.4, -0.2) is 14.2 Å². The highest BCUT2D eigenvalue weighted by molar-refractivity contribution is 7.86. The summed E-state index contributed by atoms with van der Waals surface area (Å²) in [5, 5.41) is 0.417. The van der Waals surface area contributed by atoms with E-state index in [0.29, 0.717) is 16.7 Å². The van der Waals surface area contributed by atoms with Crippen LogP contribution in [0.25, 0.3) is 0 Å². The molecular formula is C18H13ClF3NO5S. The van der Waals surface area contributed by atoms with Gasteiger partial charge in [-0.2, -0.15) is 21.6 Å². The van der Waals surface area contributed by atoms with Gasteiger partial charge in [-0.3, -0.25) is 4.79 Å². The number of Topliss-reactive ketones (excluding diaryl/α,β-unsaturated/α-hetero) is 1. The molecule has 0 spiro atoms. The minimum atomic E-state index is -4.63. The molecule has 0 radical (unpaired) electrons. The van der Waals surface area contributed by atoms with Crippen LogP contribution in [0.2, 0.25) is 5.02 Å². The van der Waals surface area contributed by atoms with Crippen LogP contribution >= 0.6 is 11.6 Å². The molecule has 1 aliphatic rings.